The maximum atomic E-state index is 10.9. The number of carbonyl (C=O) groups excluding carboxylic acids is 1. The fourth-order valence-corrected chi connectivity index (χ4v) is 0.681. The van der Waals surface area contributed by atoms with E-state index in [1.165, 1.54) is 7.11 Å². The molecule has 0 saturated carbocycles. The third kappa shape index (κ3) is 4.82. The summed E-state index contributed by atoms with van der Waals surface area (Å²) >= 11 is 0. The lowest BCUT2D eigenvalue weighted by atomic mass is 10.3. The van der Waals surface area contributed by atoms with Gasteiger partial charge in [-0.25, -0.2) is 4.79 Å². The molecule has 0 aliphatic rings. The molecule has 2 unspecified atom stereocenters. The average Bonchev–Trinajstić information content (AvgIpc) is 2.17. The van der Waals surface area contributed by atoms with Crippen LogP contribution in [0.3, 0.4) is 0 Å². The summed E-state index contributed by atoms with van der Waals surface area (Å²) in [5.41, 5.74) is 0. The second-order valence-corrected chi connectivity index (χ2v) is 2.47. The first-order valence-electron chi connectivity index (χ1n) is 3.93. The molecule has 0 aliphatic carbocycles. The lowest BCUT2D eigenvalue weighted by molar-refractivity contribution is -0.156. The number of esters is 1. The molecule has 13 heavy (non-hydrogen) atoms. The van der Waals surface area contributed by atoms with Crippen LogP contribution in [0.1, 0.15) is 6.42 Å². The minimum atomic E-state index is -0.973. The van der Waals surface area contributed by atoms with Crippen molar-refractivity contribution in [1.29, 1.82) is 0 Å². The highest BCUT2D eigenvalue weighted by Gasteiger charge is 2.18. The molecule has 5 nitrogen and oxygen atoms in total. The lowest BCUT2D eigenvalue weighted by Gasteiger charge is -2.15. The number of hydrogen-bond acceptors (Lipinski definition) is 5. The van der Waals surface area contributed by atoms with Gasteiger partial charge in [-0.1, -0.05) is 6.92 Å². The Bertz CT molecular complexity index is 147. The molecule has 0 fully saturated rings. The molecule has 2 N–H and O–H groups in total. The van der Waals surface area contributed by atoms with Gasteiger partial charge in [0.1, 0.15) is 6.10 Å². The van der Waals surface area contributed by atoms with Crippen LogP contribution in [0.4, 0.5) is 0 Å². The highest BCUT2D eigenvalue weighted by molar-refractivity contribution is 5.74. The Labute approximate surface area is 77.3 Å². The van der Waals surface area contributed by atoms with Crippen molar-refractivity contribution in [2.24, 2.45) is 0 Å². The predicted octanol–water partition coefficient (Wildman–Crippen LogP) is -0.878. The van der Waals surface area contributed by atoms with Crippen molar-refractivity contribution in [2.75, 3.05) is 20.3 Å². The molecule has 0 spiro atoms. The summed E-state index contributed by atoms with van der Waals surface area (Å²) in [6.07, 6.45) is -1.52. The average molecular weight is 191 g/mol. The summed E-state index contributed by atoms with van der Waals surface area (Å²) in [4.78, 5) is 10.9. The lowest BCUT2D eigenvalue weighted by Crippen LogP contribution is -2.30. The second-order valence-electron chi connectivity index (χ2n) is 2.47. The van der Waals surface area contributed by atoms with E-state index in [9.17, 15) is 4.79 Å². The normalized spacial score (nSPS) is 15.1. The second kappa shape index (κ2) is 6.82. The number of methoxy groups -OCH3 is 1. The number of carbonyl (C=O) groups is 1. The Morgan fingerprint density at radius 2 is 2.23 bits per heavy atom. The highest BCUT2D eigenvalue weighted by Crippen LogP contribution is 2.00. The van der Waals surface area contributed by atoms with Crippen molar-refractivity contribution in [2.45, 2.75) is 18.6 Å². The van der Waals surface area contributed by atoms with Crippen molar-refractivity contribution in [3.05, 3.63) is 6.92 Å². The van der Waals surface area contributed by atoms with Gasteiger partial charge in [0, 0.05) is 0 Å². The molecule has 77 valence electrons. The van der Waals surface area contributed by atoms with Gasteiger partial charge in [-0.3, -0.25) is 0 Å². The first-order chi connectivity index (χ1) is 6.15. The first-order valence-corrected chi connectivity index (χ1v) is 3.93. The topological polar surface area (TPSA) is 76.0 Å². The van der Waals surface area contributed by atoms with Crippen LogP contribution in [-0.2, 0) is 14.3 Å². The van der Waals surface area contributed by atoms with Crippen molar-refractivity contribution in [3.63, 3.8) is 0 Å². The van der Waals surface area contributed by atoms with Gasteiger partial charge in [0.15, 0.2) is 6.10 Å². The Hall–Kier alpha value is -0.650. The van der Waals surface area contributed by atoms with Crippen molar-refractivity contribution < 1.29 is 24.5 Å². The Balaban J connectivity index is 3.78. The van der Waals surface area contributed by atoms with Crippen LogP contribution in [0.2, 0.25) is 0 Å². The summed E-state index contributed by atoms with van der Waals surface area (Å²) in [6, 6.07) is 0. The summed E-state index contributed by atoms with van der Waals surface area (Å²) in [5.74, 6) is -0.528. The fraction of sp³-hybridized carbons (Fsp3) is 0.750. The van der Waals surface area contributed by atoms with Crippen LogP contribution in [0, 0.1) is 6.92 Å². The van der Waals surface area contributed by atoms with Crippen LogP contribution < -0.4 is 0 Å². The number of aliphatic hydroxyl groups is 2. The van der Waals surface area contributed by atoms with Gasteiger partial charge >= 0.3 is 5.97 Å². The maximum Gasteiger partial charge on any atom is 0.334 e. The van der Waals surface area contributed by atoms with Crippen LogP contribution in [0.15, 0.2) is 0 Å². The predicted molar refractivity (Wildman–Crippen MR) is 44.8 cm³/mol. The van der Waals surface area contributed by atoms with Gasteiger partial charge in [-0.05, 0) is 6.42 Å². The number of ether oxygens (including phenoxy) is 2. The molecular formula is C8H15O5. The Morgan fingerprint density at radius 3 is 2.62 bits per heavy atom. The van der Waals surface area contributed by atoms with E-state index in [4.69, 9.17) is 14.9 Å². The summed E-state index contributed by atoms with van der Waals surface area (Å²) in [5, 5.41) is 17.4. The zero-order chi connectivity index (χ0) is 10.3. The van der Waals surface area contributed by atoms with Crippen LogP contribution in [0.25, 0.3) is 0 Å². The molecule has 2 atom stereocenters. The molecule has 0 saturated heterocycles. The van der Waals surface area contributed by atoms with E-state index in [0.717, 1.165) is 0 Å². The van der Waals surface area contributed by atoms with E-state index in [0.29, 0.717) is 0 Å². The summed E-state index contributed by atoms with van der Waals surface area (Å²) in [6.45, 7) is 2.99. The Kier molecular flexibility index (Phi) is 6.48. The van der Waals surface area contributed by atoms with E-state index in [1.807, 2.05) is 0 Å². The number of rotatable bonds is 6. The quantitative estimate of drug-likeness (QED) is 0.533. The standard InChI is InChI=1S/C8H15O5/c1-3-7(8(11)12-2)13-5-6(10)4-9/h6-7,9-10H,1,3-5H2,2H3. The molecule has 0 aromatic heterocycles. The molecular weight excluding hydrogens is 176 g/mol. The van der Waals surface area contributed by atoms with Gasteiger partial charge in [-0.15, -0.1) is 0 Å². The summed E-state index contributed by atoms with van der Waals surface area (Å²) in [7, 11) is 1.25. The van der Waals surface area contributed by atoms with E-state index in [2.05, 4.69) is 11.7 Å². The van der Waals surface area contributed by atoms with Gasteiger partial charge in [0.25, 0.3) is 0 Å². The monoisotopic (exact) mass is 191 g/mol. The van der Waals surface area contributed by atoms with Gasteiger partial charge in [0.2, 0.25) is 0 Å². The Morgan fingerprint density at radius 1 is 1.62 bits per heavy atom. The maximum absolute atomic E-state index is 10.9. The van der Waals surface area contributed by atoms with Crippen LogP contribution >= 0.6 is 0 Å². The van der Waals surface area contributed by atoms with Crippen molar-refractivity contribution in [3.8, 4) is 0 Å². The number of hydrogen-bond donors (Lipinski definition) is 2. The molecule has 0 rings (SSSR count). The van der Waals surface area contributed by atoms with E-state index < -0.39 is 24.8 Å². The SMILES string of the molecule is [CH2]CC(OCC(O)CO)C(=O)OC. The molecule has 1 radical (unpaired) electrons. The molecule has 5 heteroatoms. The largest absolute Gasteiger partial charge is 0.467 e. The van der Waals surface area contributed by atoms with Gasteiger partial charge in [0.05, 0.1) is 20.3 Å². The fourth-order valence-electron chi connectivity index (χ4n) is 0.681. The first kappa shape index (κ1) is 12.3. The van der Waals surface area contributed by atoms with E-state index >= 15 is 0 Å². The molecule has 0 bridgehead atoms. The molecule has 0 amide bonds. The smallest absolute Gasteiger partial charge is 0.334 e. The van der Waals surface area contributed by atoms with Crippen molar-refractivity contribution in [1.82, 2.24) is 0 Å². The minimum absolute atomic E-state index is 0.105. The molecule has 0 heterocycles. The zero-order valence-corrected chi connectivity index (χ0v) is 7.60. The van der Waals surface area contributed by atoms with E-state index in [-0.39, 0.29) is 13.0 Å². The van der Waals surface area contributed by atoms with Gasteiger partial charge in [-0.2, -0.15) is 0 Å². The number of aliphatic hydroxyl groups excluding tert-OH is 2. The van der Waals surface area contributed by atoms with E-state index in [1.54, 1.807) is 0 Å². The van der Waals surface area contributed by atoms with Crippen LogP contribution in [-0.4, -0.2) is 48.7 Å². The zero-order valence-electron chi connectivity index (χ0n) is 7.60. The molecule has 0 aliphatic heterocycles. The summed E-state index contributed by atoms with van der Waals surface area (Å²) < 4.78 is 9.37. The van der Waals surface area contributed by atoms with Crippen LogP contribution in [0.5, 0.6) is 0 Å². The minimum Gasteiger partial charge on any atom is -0.467 e. The highest BCUT2D eigenvalue weighted by atomic mass is 16.6. The molecule has 0 aromatic carbocycles. The van der Waals surface area contributed by atoms with Crippen molar-refractivity contribution >= 4 is 5.97 Å². The van der Waals surface area contributed by atoms with Gasteiger partial charge < -0.3 is 19.7 Å². The molecule has 0 aromatic rings. The third-order valence-electron chi connectivity index (χ3n) is 1.43. The third-order valence-corrected chi connectivity index (χ3v) is 1.43.